The van der Waals surface area contributed by atoms with Crippen LogP contribution in [0.3, 0.4) is 0 Å². The summed E-state index contributed by atoms with van der Waals surface area (Å²) < 4.78 is 1.67. The lowest BCUT2D eigenvalue weighted by molar-refractivity contribution is 0.680. The standard InChI is InChI=1S/C6H7Cl3N2/c1-2-3-11-5(8)4(7)10-6(11)9/h2-3H2,1H3. The number of rotatable bonds is 2. The van der Waals surface area contributed by atoms with Gasteiger partial charge >= 0.3 is 0 Å². The summed E-state index contributed by atoms with van der Waals surface area (Å²) in [6.45, 7) is 2.78. The molecule has 0 spiro atoms. The minimum atomic E-state index is 0.269. The van der Waals surface area contributed by atoms with E-state index in [4.69, 9.17) is 34.8 Å². The second kappa shape index (κ2) is 3.65. The van der Waals surface area contributed by atoms with Crippen LogP contribution in [0.5, 0.6) is 0 Å². The molecule has 0 radical (unpaired) electrons. The van der Waals surface area contributed by atoms with Crippen LogP contribution in [0.15, 0.2) is 0 Å². The monoisotopic (exact) mass is 212 g/mol. The quantitative estimate of drug-likeness (QED) is 0.737. The molecule has 5 heteroatoms. The second-order valence-corrected chi connectivity index (χ2v) is 3.17. The fourth-order valence-electron chi connectivity index (χ4n) is 0.794. The number of aromatic nitrogens is 2. The molecule has 11 heavy (non-hydrogen) atoms. The molecule has 0 aliphatic carbocycles. The maximum absolute atomic E-state index is 5.78. The van der Waals surface area contributed by atoms with Crippen molar-refractivity contribution in [3.05, 3.63) is 15.6 Å². The Bertz CT molecular complexity index is 257. The van der Waals surface area contributed by atoms with Gasteiger partial charge in [-0.1, -0.05) is 30.1 Å². The van der Waals surface area contributed by atoms with Gasteiger partial charge in [0, 0.05) is 6.54 Å². The van der Waals surface area contributed by atoms with Gasteiger partial charge in [0.15, 0.2) is 5.15 Å². The molecule has 0 unspecified atom stereocenters. The van der Waals surface area contributed by atoms with Gasteiger partial charge in [-0.2, -0.15) is 0 Å². The molecule has 0 aromatic carbocycles. The minimum absolute atomic E-state index is 0.269. The first kappa shape index (κ1) is 9.17. The third-order valence-corrected chi connectivity index (χ3v) is 2.30. The van der Waals surface area contributed by atoms with Crippen LogP contribution in [0, 0.1) is 0 Å². The molecule has 0 aliphatic heterocycles. The Morgan fingerprint density at radius 2 is 2.00 bits per heavy atom. The largest absolute Gasteiger partial charge is 0.304 e. The lowest BCUT2D eigenvalue weighted by Gasteiger charge is -2.00. The van der Waals surface area contributed by atoms with Crippen molar-refractivity contribution in [3.8, 4) is 0 Å². The predicted octanol–water partition coefficient (Wildman–Crippen LogP) is 3.25. The van der Waals surface area contributed by atoms with Crippen molar-refractivity contribution in [1.29, 1.82) is 0 Å². The molecule has 1 heterocycles. The van der Waals surface area contributed by atoms with Crippen molar-refractivity contribution in [2.45, 2.75) is 19.9 Å². The Balaban J connectivity index is 3.02. The van der Waals surface area contributed by atoms with Crippen LogP contribution in [0.25, 0.3) is 0 Å². The number of hydrogen-bond acceptors (Lipinski definition) is 1. The normalized spacial score (nSPS) is 10.5. The topological polar surface area (TPSA) is 17.8 Å². The predicted molar refractivity (Wildman–Crippen MR) is 47.5 cm³/mol. The van der Waals surface area contributed by atoms with E-state index in [1.165, 1.54) is 0 Å². The molecule has 2 nitrogen and oxygen atoms in total. The first-order valence-electron chi connectivity index (χ1n) is 3.23. The molecule has 0 fully saturated rings. The summed E-state index contributed by atoms with van der Waals surface area (Å²) in [7, 11) is 0. The summed E-state index contributed by atoms with van der Waals surface area (Å²) in [5.41, 5.74) is 0. The van der Waals surface area contributed by atoms with E-state index in [1.807, 2.05) is 6.92 Å². The summed E-state index contributed by atoms with van der Waals surface area (Å²) in [6, 6.07) is 0. The first-order valence-corrected chi connectivity index (χ1v) is 4.37. The summed E-state index contributed by atoms with van der Waals surface area (Å²) in [6.07, 6.45) is 0.951. The molecule has 0 amide bonds. The van der Waals surface area contributed by atoms with Crippen LogP contribution >= 0.6 is 34.8 Å². The van der Waals surface area contributed by atoms with Crippen LogP contribution in [0.4, 0.5) is 0 Å². The molecule has 0 aliphatic rings. The van der Waals surface area contributed by atoms with E-state index in [9.17, 15) is 0 Å². The Hall–Kier alpha value is 0.0800. The fourth-order valence-corrected chi connectivity index (χ4v) is 1.52. The van der Waals surface area contributed by atoms with Crippen molar-refractivity contribution < 1.29 is 0 Å². The lowest BCUT2D eigenvalue weighted by Crippen LogP contribution is -1.95. The van der Waals surface area contributed by atoms with Gasteiger partial charge in [0.2, 0.25) is 5.28 Å². The highest BCUT2D eigenvalue weighted by Gasteiger charge is 2.10. The smallest absolute Gasteiger partial charge is 0.205 e. The van der Waals surface area contributed by atoms with E-state index >= 15 is 0 Å². The Morgan fingerprint density at radius 3 is 2.36 bits per heavy atom. The maximum atomic E-state index is 5.78. The Morgan fingerprint density at radius 1 is 1.36 bits per heavy atom. The highest BCUT2D eigenvalue weighted by Crippen LogP contribution is 2.25. The molecular formula is C6H7Cl3N2. The molecule has 0 atom stereocenters. The summed E-state index contributed by atoms with van der Waals surface area (Å²) >= 11 is 17.1. The highest BCUT2D eigenvalue weighted by atomic mass is 35.5. The highest BCUT2D eigenvalue weighted by molar-refractivity contribution is 6.41. The fraction of sp³-hybridized carbons (Fsp3) is 0.500. The molecule has 1 rings (SSSR count). The van der Waals surface area contributed by atoms with Gasteiger partial charge in [-0.05, 0) is 18.0 Å². The van der Waals surface area contributed by atoms with E-state index in [-0.39, 0.29) is 5.15 Å². The SMILES string of the molecule is CCCn1c(Cl)nc(Cl)c1Cl. The summed E-state index contributed by atoms with van der Waals surface area (Å²) in [5, 5.41) is 1.03. The van der Waals surface area contributed by atoms with Gasteiger partial charge in [0.25, 0.3) is 0 Å². The lowest BCUT2D eigenvalue weighted by atomic mass is 10.5. The summed E-state index contributed by atoms with van der Waals surface area (Å²) in [4.78, 5) is 3.79. The van der Waals surface area contributed by atoms with E-state index in [0.717, 1.165) is 13.0 Å². The maximum Gasteiger partial charge on any atom is 0.205 e. The third-order valence-electron chi connectivity index (χ3n) is 1.27. The van der Waals surface area contributed by atoms with Crippen LogP contribution < -0.4 is 0 Å². The van der Waals surface area contributed by atoms with Gasteiger partial charge in [0.05, 0.1) is 0 Å². The number of nitrogens with zero attached hydrogens (tertiary/aromatic N) is 2. The number of halogens is 3. The first-order chi connectivity index (χ1) is 5.16. The minimum Gasteiger partial charge on any atom is -0.304 e. The number of imidazole rings is 1. The van der Waals surface area contributed by atoms with Crippen molar-refractivity contribution in [2.24, 2.45) is 0 Å². The van der Waals surface area contributed by atoms with Gasteiger partial charge in [-0.3, -0.25) is 0 Å². The van der Waals surface area contributed by atoms with Gasteiger partial charge < -0.3 is 4.57 Å². The molecule has 0 saturated heterocycles. The van der Waals surface area contributed by atoms with Gasteiger partial charge in [0.1, 0.15) is 5.15 Å². The van der Waals surface area contributed by atoms with E-state index in [2.05, 4.69) is 4.98 Å². The zero-order valence-corrected chi connectivity index (χ0v) is 8.21. The van der Waals surface area contributed by atoms with E-state index < -0.39 is 0 Å². The van der Waals surface area contributed by atoms with Gasteiger partial charge in [-0.15, -0.1) is 0 Å². The third kappa shape index (κ3) is 1.81. The van der Waals surface area contributed by atoms with Crippen LogP contribution in [-0.4, -0.2) is 9.55 Å². The van der Waals surface area contributed by atoms with E-state index in [1.54, 1.807) is 4.57 Å². The zero-order chi connectivity index (χ0) is 8.43. The van der Waals surface area contributed by atoms with Gasteiger partial charge in [-0.25, -0.2) is 4.98 Å². The molecule has 0 N–H and O–H groups in total. The number of hydrogen-bond donors (Lipinski definition) is 0. The average molecular weight is 213 g/mol. The zero-order valence-electron chi connectivity index (χ0n) is 5.94. The van der Waals surface area contributed by atoms with Crippen molar-refractivity contribution >= 4 is 34.8 Å². The molecule has 62 valence electrons. The van der Waals surface area contributed by atoms with Crippen molar-refractivity contribution in [3.63, 3.8) is 0 Å². The molecular weight excluding hydrogens is 206 g/mol. The van der Waals surface area contributed by atoms with E-state index in [0.29, 0.717) is 10.4 Å². The average Bonchev–Trinajstić information content (AvgIpc) is 2.17. The van der Waals surface area contributed by atoms with Crippen LogP contribution in [0.2, 0.25) is 15.6 Å². The van der Waals surface area contributed by atoms with Crippen LogP contribution in [-0.2, 0) is 6.54 Å². The molecule has 0 saturated carbocycles. The second-order valence-electron chi connectivity index (χ2n) is 2.11. The summed E-state index contributed by atoms with van der Waals surface area (Å²) in [5.74, 6) is 0. The molecule has 1 aromatic heterocycles. The van der Waals surface area contributed by atoms with Crippen molar-refractivity contribution in [1.82, 2.24) is 9.55 Å². The van der Waals surface area contributed by atoms with Crippen LogP contribution in [0.1, 0.15) is 13.3 Å². The van der Waals surface area contributed by atoms with Crippen molar-refractivity contribution in [2.75, 3.05) is 0 Å². The molecule has 1 aromatic rings. The Labute approximate surface area is 80.1 Å². The molecule has 0 bridgehead atoms. The Kier molecular flexibility index (Phi) is 3.05.